The van der Waals surface area contributed by atoms with Gasteiger partial charge in [0.25, 0.3) is 5.91 Å². The summed E-state index contributed by atoms with van der Waals surface area (Å²) in [6.07, 6.45) is 1.28. The molecule has 0 atom stereocenters. The van der Waals surface area contributed by atoms with Crippen LogP contribution in [0.2, 0.25) is 5.02 Å². The quantitative estimate of drug-likeness (QED) is 0.394. The molecule has 3 aromatic carbocycles. The maximum Gasteiger partial charge on any atom is 0.255 e. The van der Waals surface area contributed by atoms with Crippen molar-refractivity contribution >= 4 is 33.7 Å². The summed E-state index contributed by atoms with van der Waals surface area (Å²) in [5.74, 6) is -1.75. The van der Waals surface area contributed by atoms with Crippen LogP contribution in [0.5, 0.6) is 0 Å². The van der Waals surface area contributed by atoms with E-state index in [1.54, 1.807) is 6.07 Å². The van der Waals surface area contributed by atoms with E-state index < -0.39 is 34.1 Å². The lowest BCUT2D eigenvalue weighted by Gasteiger charge is -2.21. The maximum atomic E-state index is 14.2. The summed E-state index contributed by atoms with van der Waals surface area (Å²) in [4.78, 5) is 12.3. The van der Waals surface area contributed by atoms with Gasteiger partial charge in [-0.2, -0.15) is 9.41 Å². The molecule has 3 rings (SSSR count). The SMILES string of the molecule is O=C(CN(Cc1ccccc1F)S(=O)(=O)c1ccc(Cl)cc1)N/N=C\c1ccc(F)cc1. The molecule has 0 aromatic heterocycles. The third-order valence-electron chi connectivity index (χ3n) is 4.35. The Morgan fingerprint density at radius 1 is 1.00 bits per heavy atom. The van der Waals surface area contributed by atoms with Crippen LogP contribution in [-0.2, 0) is 21.4 Å². The van der Waals surface area contributed by atoms with Crippen molar-refractivity contribution < 1.29 is 22.0 Å². The van der Waals surface area contributed by atoms with Gasteiger partial charge in [0.15, 0.2) is 0 Å². The van der Waals surface area contributed by atoms with Crippen LogP contribution in [-0.4, -0.2) is 31.4 Å². The standard InChI is InChI=1S/C22H18ClF2N3O3S/c23-18-7-11-20(12-8-18)32(30,31)28(14-17-3-1-2-4-21(17)25)15-22(29)27-26-13-16-5-9-19(24)10-6-16/h1-13H,14-15H2,(H,27,29)/b26-13-. The first-order chi connectivity index (χ1) is 15.3. The third-order valence-corrected chi connectivity index (χ3v) is 6.41. The first-order valence-electron chi connectivity index (χ1n) is 9.32. The topological polar surface area (TPSA) is 78.8 Å². The predicted molar refractivity (Wildman–Crippen MR) is 118 cm³/mol. The van der Waals surface area contributed by atoms with Crippen LogP contribution in [0, 0.1) is 11.6 Å². The molecule has 32 heavy (non-hydrogen) atoms. The van der Waals surface area contributed by atoms with E-state index in [0.717, 1.165) is 4.31 Å². The van der Waals surface area contributed by atoms with E-state index in [1.807, 2.05) is 0 Å². The molecule has 6 nitrogen and oxygen atoms in total. The third kappa shape index (κ3) is 6.19. The number of halogens is 3. The molecule has 0 aliphatic heterocycles. The molecule has 0 spiro atoms. The van der Waals surface area contributed by atoms with E-state index in [9.17, 15) is 22.0 Å². The fraction of sp³-hybridized carbons (Fsp3) is 0.0909. The van der Waals surface area contributed by atoms with Gasteiger partial charge in [0.1, 0.15) is 11.6 Å². The molecule has 1 amide bonds. The van der Waals surface area contributed by atoms with Gasteiger partial charge in [-0.25, -0.2) is 22.6 Å². The Kier molecular flexibility index (Phi) is 7.68. The van der Waals surface area contributed by atoms with Gasteiger partial charge in [-0.1, -0.05) is 41.9 Å². The van der Waals surface area contributed by atoms with Crippen LogP contribution in [0.4, 0.5) is 8.78 Å². The lowest BCUT2D eigenvalue weighted by molar-refractivity contribution is -0.121. The highest BCUT2D eigenvalue weighted by molar-refractivity contribution is 7.89. The Bertz CT molecular complexity index is 1220. The van der Waals surface area contributed by atoms with Gasteiger partial charge in [-0.3, -0.25) is 4.79 Å². The van der Waals surface area contributed by atoms with E-state index in [4.69, 9.17) is 11.6 Å². The maximum absolute atomic E-state index is 14.2. The summed E-state index contributed by atoms with van der Waals surface area (Å²) < 4.78 is 54.2. The molecule has 0 unspecified atom stereocenters. The van der Waals surface area contributed by atoms with E-state index in [1.165, 1.54) is 72.9 Å². The highest BCUT2D eigenvalue weighted by atomic mass is 35.5. The molecule has 0 bridgehead atoms. The summed E-state index contributed by atoms with van der Waals surface area (Å²) in [6, 6.07) is 16.5. The zero-order valence-corrected chi connectivity index (χ0v) is 18.2. The Morgan fingerprint density at radius 2 is 1.66 bits per heavy atom. The molecule has 1 N–H and O–H groups in total. The summed E-state index contributed by atoms with van der Waals surface area (Å²) in [5, 5.41) is 4.10. The second kappa shape index (κ2) is 10.4. The molecule has 166 valence electrons. The van der Waals surface area contributed by atoms with Crippen molar-refractivity contribution in [3.05, 3.63) is 101 Å². The number of hydrazone groups is 1. The fourth-order valence-corrected chi connectivity index (χ4v) is 4.22. The van der Waals surface area contributed by atoms with Gasteiger partial charge in [-0.15, -0.1) is 0 Å². The first-order valence-corrected chi connectivity index (χ1v) is 11.1. The molecule has 0 aliphatic carbocycles. The summed E-state index contributed by atoms with van der Waals surface area (Å²) in [7, 11) is -4.16. The fourth-order valence-electron chi connectivity index (χ4n) is 2.72. The highest BCUT2D eigenvalue weighted by Gasteiger charge is 2.27. The molecule has 0 heterocycles. The lowest BCUT2D eigenvalue weighted by atomic mass is 10.2. The molecular formula is C22H18ClF2N3O3S. The zero-order valence-electron chi connectivity index (χ0n) is 16.6. The molecule has 3 aromatic rings. The van der Waals surface area contributed by atoms with Crippen LogP contribution in [0.15, 0.2) is 82.8 Å². The van der Waals surface area contributed by atoms with Crippen LogP contribution in [0.25, 0.3) is 0 Å². The van der Waals surface area contributed by atoms with Gasteiger partial charge >= 0.3 is 0 Å². The predicted octanol–water partition coefficient (Wildman–Crippen LogP) is 3.96. The number of hydrogen-bond donors (Lipinski definition) is 1. The molecular weight excluding hydrogens is 460 g/mol. The number of carbonyl (C=O) groups is 1. The van der Waals surface area contributed by atoms with Crippen LogP contribution in [0.1, 0.15) is 11.1 Å². The molecule has 0 aliphatic rings. The van der Waals surface area contributed by atoms with E-state index in [-0.39, 0.29) is 17.0 Å². The number of rotatable bonds is 8. The minimum Gasteiger partial charge on any atom is -0.272 e. The first kappa shape index (κ1) is 23.5. The van der Waals surface area contributed by atoms with Gasteiger partial charge in [0.05, 0.1) is 17.7 Å². The average molecular weight is 478 g/mol. The number of amides is 1. The Hall–Kier alpha value is -3.14. The van der Waals surface area contributed by atoms with Crippen LogP contribution in [0.3, 0.4) is 0 Å². The van der Waals surface area contributed by atoms with Gasteiger partial charge in [0, 0.05) is 17.1 Å². The Labute approximate surface area is 189 Å². The van der Waals surface area contributed by atoms with E-state index in [2.05, 4.69) is 10.5 Å². The van der Waals surface area contributed by atoms with Crippen molar-refractivity contribution in [3.8, 4) is 0 Å². The van der Waals surface area contributed by atoms with Crippen LogP contribution < -0.4 is 5.43 Å². The number of carbonyl (C=O) groups excluding carboxylic acids is 1. The summed E-state index contributed by atoms with van der Waals surface area (Å²) in [5.41, 5.74) is 2.86. The van der Waals surface area contributed by atoms with Gasteiger partial charge in [-0.05, 0) is 48.0 Å². The van der Waals surface area contributed by atoms with Crippen molar-refractivity contribution in [3.63, 3.8) is 0 Å². The smallest absolute Gasteiger partial charge is 0.255 e. The van der Waals surface area contributed by atoms with Crippen molar-refractivity contribution in [1.82, 2.24) is 9.73 Å². The Morgan fingerprint density at radius 3 is 2.31 bits per heavy atom. The minimum atomic E-state index is -4.16. The largest absolute Gasteiger partial charge is 0.272 e. The van der Waals surface area contributed by atoms with Crippen molar-refractivity contribution in [2.45, 2.75) is 11.4 Å². The van der Waals surface area contributed by atoms with Crippen molar-refractivity contribution in [2.75, 3.05) is 6.54 Å². The monoisotopic (exact) mass is 477 g/mol. The number of benzene rings is 3. The number of hydrogen-bond acceptors (Lipinski definition) is 4. The lowest BCUT2D eigenvalue weighted by Crippen LogP contribution is -2.39. The number of nitrogens with zero attached hydrogens (tertiary/aromatic N) is 2. The van der Waals surface area contributed by atoms with Crippen LogP contribution >= 0.6 is 11.6 Å². The van der Waals surface area contributed by atoms with Gasteiger partial charge in [0.2, 0.25) is 10.0 Å². The number of sulfonamides is 1. The molecule has 0 fully saturated rings. The van der Waals surface area contributed by atoms with E-state index in [0.29, 0.717) is 10.6 Å². The highest BCUT2D eigenvalue weighted by Crippen LogP contribution is 2.21. The zero-order chi connectivity index (χ0) is 23.1. The molecule has 0 saturated carbocycles. The summed E-state index contributed by atoms with van der Waals surface area (Å²) >= 11 is 5.83. The Balaban J connectivity index is 1.80. The van der Waals surface area contributed by atoms with E-state index >= 15 is 0 Å². The molecule has 0 saturated heterocycles. The van der Waals surface area contributed by atoms with Crippen molar-refractivity contribution in [1.29, 1.82) is 0 Å². The average Bonchev–Trinajstić information content (AvgIpc) is 2.76. The second-order valence-electron chi connectivity index (χ2n) is 6.66. The second-order valence-corrected chi connectivity index (χ2v) is 9.04. The molecule has 10 heteroatoms. The van der Waals surface area contributed by atoms with Gasteiger partial charge < -0.3 is 0 Å². The summed E-state index contributed by atoms with van der Waals surface area (Å²) in [6.45, 7) is -0.979. The normalized spacial score (nSPS) is 11.8. The minimum absolute atomic E-state index is 0.0964. The van der Waals surface area contributed by atoms with Crippen molar-refractivity contribution in [2.24, 2.45) is 5.10 Å². The molecule has 0 radical (unpaired) electrons. The number of nitrogens with one attached hydrogen (secondary N) is 1.